The topological polar surface area (TPSA) is 30.8 Å². The maximum Gasteiger partial charge on any atom is 0.416 e. The van der Waals surface area contributed by atoms with E-state index in [-0.39, 0.29) is 0 Å². The molecule has 1 aromatic heterocycles. The monoisotopic (exact) mass is 425 g/mol. The van der Waals surface area contributed by atoms with Crippen LogP contribution in [0.4, 0.5) is 13.2 Å². The van der Waals surface area contributed by atoms with Gasteiger partial charge >= 0.3 is 6.18 Å². The molecule has 3 nitrogen and oxygen atoms in total. The van der Waals surface area contributed by atoms with Crippen molar-refractivity contribution >= 4 is 38.7 Å². The van der Waals surface area contributed by atoms with Gasteiger partial charge < -0.3 is 9.47 Å². The number of alkyl halides is 3. The van der Waals surface area contributed by atoms with Crippen molar-refractivity contribution in [1.82, 2.24) is 0 Å². The number of hydrogen-bond donors (Lipinski definition) is 0. The molecule has 0 fully saturated rings. The standard InChI is InChI=1S/C20H15ClF3NO2S/c1-26-14-7-10-5-6-25-18(13(10)9-15(14)27-2)19-17(21)12-4-3-11(20(22,23)24)8-16(12)28-19/h3-4,7-9H,5-6H2,1-2H3. The molecular formula is C20H15ClF3NO2S. The van der Waals surface area contributed by atoms with E-state index in [0.717, 1.165) is 29.7 Å². The fourth-order valence-corrected chi connectivity index (χ4v) is 4.89. The van der Waals surface area contributed by atoms with Crippen LogP contribution in [0, 0.1) is 0 Å². The van der Waals surface area contributed by atoms with Gasteiger partial charge in [-0.15, -0.1) is 11.3 Å². The SMILES string of the molecule is COc1cc2c(cc1OC)C(c1sc3cc(C(F)(F)F)ccc3c1Cl)=NCC2. The maximum atomic E-state index is 13.1. The molecule has 8 heteroatoms. The van der Waals surface area contributed by atoms with Crippen molar-refractivity contribution in [2.24, 2.45) is 4.99 Å². The Labute approximate surface area is 168 Å². The molecule has 4 rings (SSSR count). The largest absolute Gasteiger partial charge is 0.493 e. The first kappa shape index (κ1) is 19.1. The Morgan fingerprint density at radius 1 is 1.07 bits per heavy atom. The number of benzene rings is 2. The Morgan fingerprint density at radius 2 is 1.79 bits per heavy atom. The van der Waals surface area contributed by atoms with Crippen LogP contribution in [-0.4, -0.2) is 26.5 Å². The van der Waals surface area contributed by atoms with E-state index in [1.165, 1.54) is 17.4 Å². The normalized spacial score (nSPS) is 14.0. The molecule has 0 bridgehead atoms. The van der Waals surface area contributed by atoms with Crippen LogP contribution >= 0.6 is 22.9 Å². The third-order valence-electron chi connectivity index (χ3n) is 4.69. The lowest BCUT2D eigenvalue weighted by atomic mass is 9.95. The van der Waals surface area contributed by atoms with E-state index in [1.54, 1.807) is 14.2 Å². The Bertz CT molecular complexity index is 1110. The highest BCUT2D eigenvalue weighted by atomic mass is 35.5. The zero-order valence-corrected chi connectivity index (χ0v) is 16.6. The Balaban J connectivity index is 1.87. The quantitative estimate of drug-likeness (QED) is 0.516. The molecule has 0 saturated heterocycles. The van der Waals surface area contributed by atoms with Crippen molar-refractivity contribution in [3.05, 3.63) is 56.9 Å². The molecule has 1 aliphatic heterocycles. The van der Waals surface area contributed by atoms with Gasteiger partial charge in [0.2, 0.25) is 0 Å². The average molecular weight is 426 g/mol. The molecular weight excluding hydrogens is 411 g/mol. The van der Waals surface area contributed by atoms with Crippen molar-refractivity contribution in [2.45, 2.75) is 12.6 Å². The summed E-state index contributed by atoms with van der Waals surface area (Å²) in [4.78, 5) is 5.28. The number of thiophene rings is 1. The number of fused-ring (bicyclic) bond motifs is 2. The third-order valence-corrected chi connectivity index (χ3v) is 6.35. The van der Waals surface area contributed by atoms with Crippen LogP contribution in [0.2, 0.25) is 5.02 Å². The van der Waals surface area contributed by atoms with Crippen molar-refractivity contribution in [1.29, 1.82) is 0 Å². The van der Waals surface area contributed by atoms with Crippen LogP contribution in [0.25, 0.3) is 10.1 Å². The summed E-state index contributed by atoms with van der Waals surface area (Å²) in [5, 5.41) is 1.00. The van der Waals surface area contributed by atoms with E-state index in [2.05, 4.69) is 4.99 Å². The molecule has 1 aliphatic rings. The summed E-state index contributed by atoms with van der Waals surface area (Å²) >= 11 is 7.76. The van der Waals surface area contributed by atoms with Crippen molar-refractivity contribution in [3.8, 4) is 11.5 Å². The maximum absolute atomic E-state index is 13.1. The first-order valence-corrected chi connectivity index (χ1v) is 9.62. The van der Waals surface area contributed by atoms with Gasteiger partial charge in [0.05, 0.1) is 35.4 Å². The lowest BCUT2D eigenvalue weighted by molar-refractivity contribution is -0.137. The van der Waals surface area contributed by atoms with Gasteiger partial charge in [-0.05, 0) is 36.2 Å². The first-order valence-electron chi connectivity index (χ1n) is 8.43. The molecule has 28 heavy (non-hydrogen) atoms. The van der Waals surface area contributed by atoms with Crippen LogP contribution in [0.15, 0.2) is 35.3 Å². The predicted octanol–water partition coefficient (Wildman–Crippen LogP) is 5.98. The number of ether oxygens (including phenoxy) is 2. The van der Waals surface area contributed by atoms with E-state index in [1.807, 2.05) is 12.1 Å². The van der Waals surface area contributed by atoms with Gasteiger partial charge in [-0.1, -0.05) is 17.7 Å². The summed E-state index contributed by atoms with van der Waals surface area (Å²) in [6.07, 6.45) is -3.66. The Kier molecular flexibility index (Phi) is 4.75. The van der Waals surface area contributed by atoms with Crippen molar-refractivity contribution in [2.75, 3.05) is 20.8 Å². The van der Waals surface area contributed by atoms with E-state index in [4.69, 9.17) is 21.1 Å². The summed E-state index contributed by atoms with van der Waals surface area (Å²) in [6.45, 7) is 0.566. The predicted molar refractivity (Wildman–Crippen MR) is 106 cm³/mol. The second-order valence-electron chi connectivity index (χ2n) is 6.30. The number of halogens is 4. The van der Waals surface area contributed by atoms with E-state index < -0.39 is 11.7 Å². The first-order chi connectivity index (χ1) is 13.3. The fraction of sp³-hybridized carbons (Fsp3) is 0.250. The highest BCUT2D eigenvalue weighted by Gasteiger charge is 2.31. The number of aliphatic imine (C=N–C) groups is 1. The molecule has 0 saturated carbocycles. The van der Waals surface area contributed by atoms with Crippen LogP contribution < -0.4 is 9.47 Å². The van der Waals surface area contributed by atoms with E-state index in [9.17, 15) is 13.2 Å². The molecule has 3 aromatic rings. The number of nitrogens with zero attached hydrogens (tertiary/aromatic N) is 1. The molecule has 0 spiro atoms. The average Bonchev–Trinajstić information content (AvgIpc) is 3.01. The van der Waals surface area contributed by atoms with Gasteiger partial charge in [0, 0.05) is 22.2 Å². The molecule has 0 atom stereocenters. The van der Waals surface area contributed by atoms with Gasteiger partial charge in [-0.25, -0.2) is 0 Å². The zero-order valence-electron chi connectivity index (χ0n) is 15.0. The smallest absolute Gasteiger partial charge is 0.416 e. The molecule has 0 unspecified atom stereocenters. The molecule has 146 valence electrons. The zero-order chi connectivity index (χ0) is 20.1. The van der Waals surface area contributed by atoms with Gasteiger partial charge in [0.1, 0.15) is 0 Å². The Morgan fingerprint density at radius 3 is 2.46 bits per heavy atom. The van der Waals surface area contributed by atoms with Gasteiger partial charge in [-0.3, -0.25) is 4.99 Å². The van der Waals surface area contributed by atoms with Gasteiger partial charge in [0.25, 0.3) is 0 Å². The fourth-order valence-electron chi connectivity index (χ4n) is 3.31. The van der Waals surface area contributed by atoms with E-state index >= 15 is 0 Å². The summed E-state index contributed by atoms with van der Waals surface area (Å²) in [6, 6.07) is 7.35. The van der Waals surface area contributed by atoms with Gasteiger partial charge in [-0.2, -0.15) is 13.2 Å². The van der Waals surface area contributed by atoms with Gasteiger partial charge in [0.15, 0.2) is 11.5 Å². The lowest BCUT2D eigenvalue weighted by Gasteiger charge is -2.19. The van der Waals surface area contributed by atoms with E-state index in [0.29, 0.717) is 43.7 Å². The molecule has 2 heterocycles. The minimum Gasteiger partial charge on any atom is -0.493 e. The molecule has 0 aliphatic carbocycles. The number of rotatable bonds is 3. The lowest BCUT2D eigenvalue weighted by Crippen LogP contribution is -2.14. The highest BCUT2D eigenvalue weighted by Crippen LogP contribution is 2.42. The summed E-state index contributed by atoms with van der Waals surface area (Å²) in [7, 11) is 3.12. The summed E-state index contributed by atoms with van der Waals surface area (Å²) < 4.78 is 50.4. The Hall–Kier alpha value is -2.25. The number of methoxy groups -OCH3 is 2. The summed E-state index contributed by atoms with van der Waals surface area (Å²) in [5.74, 6) is 1.19. The highest BCUT2D eigenvalue weighted by molar-refractivity contribution is 7.21. The van der Waals surface area contributed by atoms with Crippen LogP contribution in [0.5, 0.6) is 11.5 Å². The third kappa shape index (κ3) is 3.12. The second kappa shape index (κ2) is 6.97. The molecule has 0 radical (unpaired) electrons. The van der Waals surface area contributed by atoms with Crippen molar-refractivity contribution in [3.63, 3.8) is 0 Å². The minimum atomic E-state index is -4.40. The minimum absolute atomic E-state index is 0.412. The second-order valence-corrected chi connectivity index (χ2v) is 7.73. The number of hydrogen-bond acceptors (Lipinski definition) is 4. The van der Waals surface area contributed by atoms with Crippen molar-refractivity contribution < 1.29 is 22.6 Å². The molecule has 2 aromatic carbocycles. The van der Waals surface area contributed by atoms with Crippen LogP contribution in [-0.2, 0) is 12.6 Å². The van der Waals surface area contributed by atoms with Crippen LogP contribution in [0.1, 0.15) is 21.6 Å². The molecule has 0 amide bonds. The summed E-state index contributed by atoms with van der Waals surface area (Å²) in [5.41, 5.74) is 1.87. The van der Waals surface area contributed by atoms with Crippen LogP contribution in [0.3, 0.4) is 0 Å². The molecule has 0 N–H and O–H groups in total.